The third kappa shape index (κ3) is 4.51. The molecule has 102 valence electrons. The van der Waals surface area contributed by atoms with E-state index in [0.717, 1.165) is 10.7 Å². The molecule has 0 aliphatic rings. The van der Waals surface area contributed by atoms with Crippen LogP contribution in [0.5, 0.6) is 0 Å². The topological polar surface area (TPSA) is 42.2 Å². The van der Waals surface area contributed by atoms with E-state index in [1.165, 1.54) is 16.2 Å². The first-order chi connectivity index (χ1) is 8.20. The Hall–Kier alpha value is -0.730. The van der Waals surface area contributed by atoms with Crippen LogP contribution in [-0.2, 0) is 6.54 Å². The molecule has 1 aromatic heterocycles. The van der Waals surface area contributed by atoms with Crippen LogP contribution in [0, 0.1) is 12.8 Å². The van der Waals surface area contributed by atoms with Gasteiger partial charge in [0, 0.05) is 18.5 Å². The number of aryl methyl sites for hydroxylation is 1. The SMILES string of the molecule is Cc1nc(CN(C)CC(C(N)=S)C(F)(F)F)cs1. The molecule has 0 fully saturated rings. The molecule has 3 nitrogen and oxygen atoms in total. The van der Waals surface area contributed by atoms with Crippen molar-refractivity contribution < 1.29 is 13.2 Å². The summed E-state index contributed by atoms with van der Waals surface area (Å²) in [6.07, 6.45) is -4.40. The van der Waals surface area contributed by atoms with Gasteiger partial charge in [-0.1, -0.05) is 12.2 Å². The van der Waals surface area contributed by atoms with Crippen molar-refractivity contribution in [1.29, 1.82) is 0 Å². The Kier molecular flexibility index (Phi) is 5.06. The number of nitrogens with zero attached hydrogens (tertiary/aromatic N) is 2. The number of thiocarbonyl (C=S) groups is 1. The van der Waals surface area contributed by atoms with Crippen LogP contribution in [0.4, 0.5) is 13.2 Å². The van der Waals surface area contributed by atoms with Crippen molar-refractivity contribution in [2.75, 3.05) is 13.6 Å². The largest absolute Gasteiger partial charge is 0.399 e. The fourth-order valence-electron chi connectivity index (χ4n) is 1.49. The minimum atomic E-state index is -4.40. The second-order valence-electron chi connectivity index (χ2n) is 4.05. The summed E-state index contributed by atoms with van der Waals surface area (Å²) in [5, 5.41) is 2.72. The third-order valence-electron chi connectivity index (χ3n) is 2.33. The van der Waals surface area contributed by atoms with Crippen LogP contribution in [0.25, 0.3) is 0 Å². The van der Waals surface area contributed by atoms with Gasteiger partial charge in [-0.25, -0.2) is 4.98 Å². The van der Waals surface area contributed by atoms with E-state index in [2.05, 4.69) is 17.2 Å². The molecule has 1 aromatic rings. The quantitative estimate of drug-likeness (QED) is 0.847. The van der Waals surface area contributed by atoms with E-state index in [9.17, 15) is 13.2 Å². The molecule has 2 N–H and O–H groups in total. The molecular weight excluding hydrogens is 283 g/mol. The van der Waals surface area contributed by atoms with E-state index in [-0.39, 0.29) is 6.54 Å². The predicted octanol–water partition coefficient (Wildman–Crippen LogP) is 2.35. The standard InChI is InChI=1S/C10H14F3N3S2/c1-6-15-7(5-18-6)3-16(2)4-8(9(14)17)10(11,12)13/h5,8H,3-4H2,1-2H3,(H2,14,17). The van der Waals surface area contributed by atoms with Crippen LogP contribution in [0.3, 0.4) is 0 Å². The smallest absolute Gasteiger partial charge is 0.393 e. The van der Waals surface area contributed by atoms with Gasteiger partial charge >= 0.3 is 6.18 Å². The minimum absolute atomic E-state index is 0.255. The Labute approximate surface area is 113 Å². The fraction of sp³-hybridized carbons (Fsp3) is 0.600. The molecule has 0 spiro atoms. The Balaban J connectivity index is 2.62. The summed E-state index contributed by atoms with van der Waals surface area (Å²) in [6.45, 7) is 1.94. The molecule has 1 atom stereocenters. The van der Waals surface area contributed by atoms with Crippen molar-refractivity contribution in [3.8, 4) is 0 Å². The average Bonchev–Trinajstić information content (AvgIpc) is 2.58. The number of nitrogens with two attached hydrogens (primary N) is 1. The summed E-state index contributed by atoms with van der Waals surface area (Å²) in [5.74, 6) is -1.78. The molecule has 0 amide bonds. The molecule has 0 aromatic carbocycles. The Bertz CT molecular complexity index is 417. The van der Waals surface area contributed by atoms with Crippen LogP contribution >= 0.6 is 23.6 Å². The molecule has 0 aliphatic heterocycles. The highest BCUT2D eigenvalue weighted by Crippen LogP contribution is 2.27. The van der Waals surface area contributed by atoms with Crippen molar-refractivity contribution in [3.63, 3.8) is 0 Å². The normalized spacial score (nSPS) is 13.9. The summed E-state index contributed by atoms with van der Waals surface area (Å²) in [6, 6.07) is 0. The summed E-state index contributed by atoms with van der Waals surface area (Å²) >= 11 is 5.94. The van der Waals surface area contributed by atoms with E-state index in [1.807, 2.05) is 12.3 Å². The molecule has 18 heavy (non-hydrogen) atoms. The lowest BCUT2D eigenvalue weighted by molar-refractivity contribution is -0.158. The van der Waals surface area contributed by atoms with E-state index in [4.69, 9.17) is 5.73 Å². The van der Waals surface area contributed by atoms with E-state index >= 15 is 0 Å². The predicted molar refractivity (Wildman–Crippen MR) is 69.5 cm³/mol. The number of alkyl halides is 3. The Morgan fingerprint density at radius 3 is 2.61 bits per heavy atom. The summed E-state index contributed by atoms with van der Waals surface area (Å²) in [7, 11) is 1.59. The average molecular weight is 297 g/mol. The van der Waals surface area contributed by atoms with Crippen LogP contribution in [0.2, 0.25) is 0 Å². The minimum Gasteiger partial charge on any atom is -0.393 e. The molecule has 0 bridgehead atoms. The first kappa shape index (κ1) is 15.3. The zero-order valence-corrected chi connectivity index (χ0v) is 11.6. The highest BCUT2D eigenvalue weighted by molar-refractivity contribution is 7.80. The van der Waals surface area contributed by atoms with Crippen LogP contribution < -0.4 is 5.73 Å². The van der Waals surface area contributed by atoms with E-state index < -0.39 is 17.1 Å². The number of hydrogen-bond acceptors (Lipinski definition) is 4. The highest BCUT2D eigenvalue weighted by atomic mass is 32.1. The van der Waals surface area contributed by atoms with Crippen molar-refractivity contribution in [3.05, 3.63) is 16.1 Å². The molecule has 0 saturated carbocycles. The number of hydrogen-bond donors (Lipinski definition) is 1. The maximum absolute atomic E-state index is 12.7. The van der Waals surface area contributed by atoms with Crippen LogP contribution in [0.1, 0.15) is 10.7 Å². The van der Waals surface area contributed by atoms with Gasteiger partial charge in [0.15, 0.2) is 0 Å². The molecule has 1 rings (SSSR count). The third-order valence-corrected chi connectivity index (χ3v) is 3.44. The monoisotopic (exact) mass is 297 g/mol. The second-order valence-corrected chi connectivity index (χ2v) is 5.58. The molecule has 0 saturated heterocycles. The van der Waals surface area contributed by atoms with Gasteiger partial charge in [0.05, 0.1) is 15.7 Å². The first-order valence-electron chi connectivity index (χ1n) is 5.15. The van der Waals surface area contributed by atoms with Crippen molar-refractivity contribution in [2.45, 2.75) is 19.6 Å². The maximum atomic E-state index is 12.7. The number of aromatic nitrogens is 1. The summed E-state index contributed by atoms with van der Waals surface area (Å²) < 4.78 is 38.0. The van der Waals surface area contributed by atoms with Gasteiger partial charge in [-0.05, 0) is 14.0 Å². The molecule has 1 heterocycles. The number of halogens is 3. The van der Waals surface area contributed by atoms with Gasteiger partial charge < -0.3 is 5.73 Å². The van der Waals surface area contributed by atoms with Gasteiger partial charge in [0.1, 0.15) is 5.92 Å². The number of rotatable bonds is 5. The lowest BCUT2D eigenvalue weighted by Gasteiger charge is -2.24. The second kappa shape index (κ2) is 5.94. The Morgan fingerprint density at radius 2 is 2.22 bits per heavy atom. The molecule has 8 heteroatoms. The fourth-order valence-corrected chi connectivity index (χ4v) is 2.30. The maximum Gasteiger partial charge on any atom is 0.399 e. The van der Waals surface area contributed by atoms with Crippen molar-refractivity contribution in [1.82, 2.24) is 9.88 Å². The van der Waals surface area contributed by atoms with Crippen molar-refractivity contribution in [2.24, 2.45) is 11.7 Å². The first-order valence-corrected chi connectivity index (χ1v) is 6.44. The zero-order chi connectivity index (χ0) is 13.9. The molecule has 0 aliphatic carbocycles. The lowest BCUT2D eigenvalue weighted by Crippen LogP contribution is -2.42. The van der Waals surface area contributed by atoms with E-state index in [0.29, 0.717) is 6.54 Å². The summed E-state index contributed by atoms with van der Waals surface area (Å²) in [5.41, 5.74) is 5.89. The van der Waals surface area contributed by atoms with Crippen molar-refractivity contribution >= 4 is 28.5 Å². The van der Waals surface area contributed by atoms with Crippen LogP contribution in [0.15, 0.2) is 5.38 Å². The lowest BCUT2D eigenvalue weighted by atomic mass is 10.1. The Morgan fingerprint density at radius 1 is 1.61 bits per heavy atom. The highest BCUT2D eigenvalue weighted by Gasteiger charge is 2.42. The van der Waals surface area contributed by atoms with Gasteiger partial charge in [0.25, 0.3) is 0 Å². The van der Waals surface area contributed by atoms with E-state index in [1.54, 1.807) is 7.05 Å². The molecule has 0 radical (unpaired) electrons. The number of thiazole rings is 1. The summed E-state index contributed by atoms with van der Waals surface area (Å²) in [4.78, 5) is 5.19. The molecule has 1 unspecified atom stereocenters. The van der Waals surface area contributed by atoms with Gasteiger partial charge in [-0.2, -0.15) is 13.2 Å². The zero-order valence-electron chi connectivity index (χ0n) is 9.99. The van der Waals surface area contributed by atoms with Gasteiger partial charge in [-0.15, -0.1) is 11.3 Å². The molecular formula is C10H14F3N3S2. The van der Waals surface area contributed by atoms with Gasteiger partial charge in [-0.3, -0.25) is 4.90 Å². The van der Waals surface area contributed by atoms with Crippen LogP contribution in [-0.4, -0.2) is 34.6 Å². The van der Waals surface area contributed by atoms with Gasteiger partial charge in [0.2, 0.25) is 0 Å².